The summed E-state index contributed by atoms with van der Waals surface area (Å²) in [6.07, 6.45) is 0. The number of aryl methyl sites for hydroxylation is 1. The second kappa shape index (κ2) is 8.07. The molecule has 5 nitrogen and oxygen atoms in total. The number of nitrogen functional groups attached to an aromatic ring is 1. The summed E-state index contributed by atoms with van der Waals surface area (Å²) >= 11 is 0. The second-order valence-electron chi connectivity index (χ2n) is 7.42. The molecule has 0 unspecified atom stereocenters. The maximum absolute atomic E-state index is 12.8. The van der Waals surface area contributed by atoms with Gasteiger partial charge in [-0.2, -0.15) is 5.26 Å². The number of anilines is 2. The first kappa shape index (κ1) is 20.0. The van der Waals surface area contributed by atoms with Gasteiger partial charge in [-0.15, -0.1) is 0 Å². The van der Waals surface area contributed by atoms with Gasteiger partial charge in [-0.25, -0.2) is 0 Å². The Kier molecular flexibility index (Phi) is 5.56. The lowest BCUT2D eigenvalue weighted by Gasteiger charge is -2.17. The highest BCUT2D eigenvalue weighted by Crippen LogP contribution is 2.28. The molecular weight excluding hydrogens is 362 g/mol. The number of hydrogen-bond donors (Lipinski definition) is 2. The SMILES string of the molecule is Cc1ccc(Oc2ccc(N)cc2)cc1NC(=O)c1cccc(C(C)(C)C#N)c1. The summed E-state index contributed by atoms with van der Waals surface area (Å²) in [6, 6.07) is 22.0. The van der Waals surface area contributed by atoms with Crippen molar-refractivity contribution >= 4 is 17.3 Å². The summed E-state index contributed by atoms with van der Waals surface area (Å²) in [4.78, 5) is 12.8. The zero-order valence-electron chi connectivity index (χ0n) is 16.7. The van der Waals surface area contributed by atoms with Crippen LogP contribution in [0.25, 0.3) is 0 Å². The first-order valence-electron chi connectivity index (χ1n) is 9.26. The van der Waals surface area contributed by atoms with Crippen molar-refractivity contribution in [1.29, 1.82) is 5.26 Å². The van der Waals surface area contributed by atoms with Gasteiger partial charge in [-0.05, 0) is 74.4 Å². The number of carbonyl (C=O) groups excluding carboxylic acids is 1. The first-order valence-corrected chi connectivity index (χ1v) is 9.26. The van der Waals surface area contributed by atoms with E-state index in [1.165, 1.54) is 0 Å². The summed E-state index contributed by atoms with van der Waals surface area (Å²) in [5, 5.41) is 12.3. The molecule has 0 spiro atoms. The Balaban J connectivity index is 1.81. The average Bonchev–Trinajstić information content (AvgIpc) is 2.72. The highest BCUT2D eigenvalue weighted by molar-refractivity contribution is 6.04. The molecule has 0 bridgehead atoms. The average molecular weight is 385 g/mol. The zero-order chi connectivity index (χ0) is 21.0. The third-order valence-corrected chi connectivity index (χ3v) is 4.70. The Morgan fingerprint density at radius 2 is 1.72 bits per heavy atom. The van der Waals surface area contributed by atoms with Crippen molar-refractivity contribution < 1.29 is 9.53 Å². The number of hydrogen-bond acceptors (Lipinski definition) is 4. The molecule has 1 amide bonds. The van der Waals surface area contributed by atoms with Crippen molar-refractivity contribution in [2.75, 3.05) is 11.1 Å². The zero-order valence-corrected chi connectivity index (χ0v) is 16.7. The van der Waals surface area contributed by atoms with Crippen LogP contribution < -0.4 is 15.8 Å². The normalized spacial score (nSPS) is 10.8. The van der Waals surface area contributed by atoms with Crippen LogP contribution in [0.4, 0.5) is 11.4 Å². The Morgan fingerprint density at radius 3 is 2.41 bits per heavy atom. The Labute approximate surface area is 170 Å². The van der Waals surface area contributed by atoms with E-state index in [2.05, 4.69) is 11.4 Å². The molecule has 0 aromatic heterocycles. The van der Waals surface area contributed by atoms with E-state index < -0.39 is 5.41 Å². The Bertz CT molecular complexity index is 1080. The molecule has 0 saturated heterocycles. The molecule has 3 N–H and O–H groups in total. The molecule has 5 heteroatoms. The van der Waals surface area contributed by atoms with E-state index in [9.17, 15) is 10.1 Å². The van der Waals surface area contributed by atoms with Gasteiger partial charge in [0, 0.05) is 23.0 Å². The van der Waals surface area contributed by atoms with Crippen molar-refractivity contribution in [1.82, 2.24) is 0 Å². The van der Waals surface area contributed by atoms with Crippen LogP contribution in [-0.4, -0.2) is 5.91 Å². The number of nitrogens with two attached hydrogens (primary N) is 1. The predicted molar refractivity (Wildman–Crippen MR) is 115 cm³/mol. The quantitative estimate of drug-likeness (QED) is 0.574. The van der Waals surface area contributed by atoms with E-state index in [1.54, 1.807) is 48.5 Å². The number of benzene rings is 3. The smallest absolute Gasteiger partial charge is 0.255 e. The molecule has 0 aliphatic carbocycles. The number of ether oxygens (including phenoxy) is 1. The van der Waals surface area contributed by atoms with Gasteiger partial charge < -0.3 is 15.8 Å². The number of amides is 1. The summed E-state index contributed by atoms with van der Waals surface area (Å²) in [5.74, 6) is 1.02. The predicted octanol–water partition coefficient (Wildman–Crippen LogP) is 5.42. The van der Waals surface area contributed by atoms with E-state index in [-0.39, 0.29) is 5.91 Å². The summed E-state index contributed by atoms with van der Waals surface area (Å²) < 4.78 is 5.85. The molecule has 29 heavy (non-hydrogen) atoms. The van der Waals surface area contributed by atoms with E-state index in [0.29, 0.717) is 28.4 Å². The molecule has 0 aliphatic rings. The number of nitrogens with one attached hydrogen (secondary N) is 1. The molecule has 3 aromatic rings. The van der Waals surface area contributed by atoms with Gasteiger partial charge in [0.15, 0.2) is 0 Å². The van der Waals surface area contributed by atoms with Crippen molar-refractivity contribution in [2.45, 2.75) is 26.2 Å². The maximum atomic E-state index is 12.8. The number of nitrogens with zero attached hydrogens (tertiary/aromatic N) is 1. The molecule has 0 atom stereocenters. The van der Waals surface area contributed by atoms with Crippen molar-refractivity contribution in [2.24, 2.45) is 0 Å². The lowest BCUT2D eigenvalue weighted by Crippen LogP contribution is -2.17. The summed E-state index contributed by atoms with van der Waals surface area (Å²) in [7, 11) is 0. The monoisotopic (exact) mass is 385 g/mol. The number of rotatable bonds is 5. The van der Waals surface area contributed by atoms with Gasteiger partial charge >= 0.3 is 0 Å². The highest BCUT2D eigenvalue weighted by Gasteiger charge is 2.21. The van der Waals surface area contributed by atoms with E-state index in [1.807, 2.05) is 39.0 Å². The molecule has 3 aromatic carbocycles. The standard InChI is InChI=1S/C24H23N3O2/c1-16-7-10-21(29-20-11-8-19(26)9-12-20)14-22(16)27-23(28)17-5-4-6-18(13-17)24(2,3)15-25/h4-14H,26H2,1-3H3,(H,27,28). The van der Waals surface area contributed by atoms with Gasteiger partial charge in [-0.1, -0.05) is 18.2 Å². The summed E-state index contributed by atoms with van der Waals surface area (Å²) in [6.45, 7) is 5.57. The van der Waals surface area contributed by atoms with Crippen molar-refractivity contribution in [3.8, 4) is 17.6 Å². The van der Waals surface area contributed by atoms with Gasteiger partial charge in [0.1, 0.15) is 11.5 Å². The molecule has 0 radical (unpaired) electrons. The number of carbonyl (C=O) groups is 1. The van der Waals surface area contributed by atoms with Crippen molar-refractivity contribution in [3.05, 3.63) is 83.4 Å². The third-order valence-electron chi connectivity index (χ3n) is 4.70. The fourth-order valence-electron chi connectivity index (χ4n) is 2.78. The van der Waals surface area contributed by atoms with E-state index in [0.717, 1.165) is 11.1 Å². The van der Waals surface area contributed by atoms with Gasteiger partial charge in [-0.3, -0.25) is 4.79 Å². The molecule has 0 fully saturated rings. The van der Waals surface area contributed by atoms with Crippen LogP contribution in [0.3, 0.4) is 0 Å². The van der Waals surface area contributed by atoms with Crippen LogP contribution in [0.1, 0.15) is 35.3 Å². The molecule has 146 valence electrons. The first-order chi connectivity index (χ1) is 13.8. The second-order valence-corrected chi connectivity index (χ2v) is 7.42. The minimum absolute atomic E-state index is 0.242. The van der Waals surface area contributed by atoms with Gasteiger partial charge in [0.2, 0.25) is 0 Å². The highest BCUT2D eigenvalue weighted by atomic mass is 16.5. The fourth-order valence-corrected chi connectivity index (χ4v) is 2.78. The fraction of sp³-hybridized carbons (Fsp3) is 0.167. The minimum atomic E-state index is -0.668. The molecule has 0 aliphatic heterocycles. The Hall–Kier alpha value is -3.78. The lowest BCUT2D eigenvalue weighted by molar-refractivity contribution is 0.102. The largest absolute Gasteiger partial charge is 0.457 e. The van der Waals surface area contributed by atoms with Gasteiger partial charge in [0.25, 0.3) is 5.91 Å². The van der Waals surface area contributed by atoms with Crippen LogP contribution in [-0.2, 0) is 5.41 Å². The Morgan fingerprint density at radius 1 is 1.03 bits per heavy atom. The van der Waals surface area contributed by atoms with Crippen LogP contribution in [0.15, 0.2) is 66.7 Å². The number of nitriles is 1. The van der Waals surface area contributed by atoms with E-state index >= 15 is 0 Å². The van der Waals surface area contributed by atoms with Crippen LogP contribution in [0.2, 0.25) is 0 Å². The van der Waals surface area contributed by atoms with Crippen LogP contribution >= 0.6 is 0 Å². The molecular formula is C24H23N3O2. The topological polar surface area (TPSA) is 88.1 Å². The van der Waals surface area contributed by atoms with Crippen LogP contribution in [0.5, 0.6) is 11.5 Å². The lowest BCUT2D eigenvalue weighted by atomic mass is 9.85. The third kappa shape index (κ3) is 4.74. The molecule has 3 rings (SSSR count). The van der Waals surface area contributed by atoms with Crippen molar-refractivity contribution in [3.63, 3.8) is 0 Å². The maximum Gasteiger partial charge on any atom is 0.255 e. The molecule has 0 saturated carbocycles. The summed E-state index contributed by atoms with van der Waals surface area (Å²) in [5.41, 5.74) is 8.56. The van der Waals surface area contributed by atoms with Crippen LogP contribution in [0, 0.1) is 18.3 Å². The minimum Gasteiger partial charge on any atom is -0.457 e. The van der Waals surface area contributed by atoms with E-state index in [4.69, 9.17) is 10.5 Å². The van der Waals surface area contributed by atoms with Gasteiger partial charge in [0.05, 0.1) is 11.5 Å². The molecule has 0 heterocycles.